The minimum absolute atomic E-state index is 0.123. The van der Waals surface area contributed by atoms with Gasteiger partial charge in [0.1, 0.15) is 0 Å². The summed E-state index contributed by atoms with van der Waals surface area (Å²) in [7, 11) is -1.28. The van der Waals surface area contributed by atoms with E-state index in [0.717, 1.165) is 0 Å². The SMILES string of the molecule is C=CCNC(=NC)NCCS(=O)(=O)CC. The highest BCUT2D eigenvalue weighted by molar-refractivity contribution is 7.91. The van der Waals surface area contributed by atoms with E-state index in [0.29, 0.717) is 19.0 Å². The van der Waals surface area contributed by atoms with Crippen molar-refractivity contribution in [2.75, 3.05) is 31.6 Å². The van der Waals surface area contributed by atoms with Crippen molar-refractivity contribution in [2.45, 2.75) is 6.92 Å². The Morgan fingerprint density at radius 2 is 2.13 bits per heavy atom. The fourth-order valence-corrected chi connectivity index (χ4v) is 1.56. The maximum atomic E-state index is 11.2. The summed E-state index contributed by atoms with van der Waals surface area (Å²) >= 11 is 0. The molecule has 6 heteroatoms. The van der Waals surface area contributed by atoms with Crippen LogP contribution in [0.15, 0.2) is 17.6 Å². The summed E-state index contributed by atoms with van der Waals surface area (Å²) in [6, 6.07) is 0. The summed E-state index contributed by atoms with van der Waals surface area (Å²) in [4.78, 5) is 3.92. The van der Waals surface area contributed by atoms with Gasteiger partial charge in [0.2, 0.25) is 0 Å². The maximum absolute atomic E-state index is 11.2. The standard InChI is InChI=1S/C9H19N3O2S/c1-4-6-11-9(10-3)12-7-8-15(13,14)5-2/h4H,1,5-8H2,2-3H3,(H2,10,11,12). The second kappa shape index (κ2) is 7.28. The Hall–Kier alpha value is -1.04. The molecule has 0 saturated heterocycles. The topological polar surface area (TPSA) is 70.6 Å². The number of aliphatic imine (C=N–C) groups is 1. The molecule has 0 saturated carbocycles. The molecule has 0 aliphatic heterocycles. The molecule has 0 aromatic carbocycles. The summed E-state index contributed by atoms with van der Waals surface area (Å²) < 4.78 is 22.3. The van der Waals surface area contributed by atoms with Gasteiger partial charge in [0, 0.05) is 25.9 Å². The van der Waals surface area contributed by atoms with Crippen molar-refractivity contribution in [1.29, 1.82) is 0 Å². The van der Waals surface area contributed by atoms with E-state index >= 15 is 0 Å². The Kier molecular flexibility index (Phi) is 6.77. The molecule has 0 aliphatic rings. The fraction of sp³-hybridized carbons (Fsp3) is 0.667. The lowest BCUT2D eigenvalue weighted by atomic mass is 10.6. The minimum Gasteiger partial charge on any atom is -0.355 e. The molecular weight excluding hydrogens is 214 g/mol. The number of rotatable bonds is 6. The van der Waals surface area contributed by atoms with Crippen molar-refractivity contribution >= 4 is 15.8 Å². The van der Waals surface area contributed by atoms with Crippen LogP contribution >= 0.6 is 0 Å². The molecule has 0 heterocycles. The smallest absolute Gasteiger partial charge is 0.191 e. The largest absolute Gasteiger partial charge is 0.355 e. The zero-order valence-electron chi connectivity index (χ0n) is 9.28. The molecule has 15 heavy (non-hydrogen) atoms. The van der Waals surface area contributed by atoms with Gasteiger partial charge in [-0.15, -0.1) is 6.58 Å². The van der Waals surface area contributed by atoms with Gasteiger partial charge in [-0.1, -0.05) is 13.0 Å². The van der Waals surface area contributed by atoms with E-state index in [-0.39, 0.29) is 11.5 Å². The lowest BCUT2D eigenvalue weighted by molar-refractivity contribution is 0.596. The zero-order valence-corrected chi connectivity index (χ0v) is 10.1. The van der Waals surface area contributed by atoms with Crippen LogP contribution < -0.4 is 10.6 Å². The van der Waals surface area contributed by atoms with E-state index in [1.54, 1.807) is 20.0 Å². The van der Waals surface area contributed by atoms with Crippen LogP contribution in [0.3, 0.4) is 0 Å². The predicted octanol–water partition coefficient (Wildman–Crippen LogP) is -0.228. The third-order valence-electron chi connectivity index (χ3n) is 1.78. The van der Waals surface area contributed by atoms with Gasteiger partial charge in [-0.25, -0.2) is 8.42 Å². The highest BCUT2D eigenvalue weighted by Gasteiger charge is 2.06. The van der Waals surface area contributed by atoms with Gasteiger partial charge in [-0.3, -0.25) is 4.99 Å². The van der Waals surface area contributed by atoms with Gasteiger partial charge in [0.15, 0.2) is 15.8 Å². The van der Waals surface area contributed by atoms with Crippen LogP contribution in [0.2, 0.25) is 0 Å². The molecule has 0 unspecified atom stereocenters. The van der Waals surface area contributed by atoms with Gasteiger partial charge in [0.25, 0.3) is 0 Å². The molecule has 2 N–H and O–H groups in total. The maximum Gasteiger partial charge on any atom is 0.191 e. The van der Waals surface area contributed by atoms with Gasteiger partial charge < -0.3 is 10.6 Å². The fourth-order valence-electron chi connectivity index (χ4n) is 0.859. The Balaban J connectivity index is 3.88. The van der Waals surface area contributed by atoms with Crippen LogP contribution in [0.5, 0.6) is 0 Å². The van der Waals surface area contributed by atoms with Crippen LogP contribution in [0, 0.1) is 0 Å². The molecule has 0 bridgehead atoms. The Bertz CT molecular complexity index is 309. The van der Waals surface area contributed by atoms with Crippen LogP contribution in [0.4, 0.5) is 0 Å². The molecule has 0 aliphatic carbocycles. The predicted molar refractivity (Wildman–Crippen MR) is 63.9 cm³/mol. The van der Waals surface area contributed by atoms with Crippen molar-refractivity contribution in [3.63, 3.8) is 0 Å². The van der Waals surface area contributed by atoms with E-state index < -0.39 is 9.84 Å². The Labute approximate surface area is 91.6 Å². The number of guanidine groups is 1. The molecule has 0 amide bonds. The molecule has 0 spiro atoms. The summed E-state index contributed by atoms with van der Waals surface area (Å²) in [5, 5.41) is 5.86. The summed E-state index contributed by atoms with van der Waals surface area (Å²) in [5.41, 5.74) is 0. The number of nitrogens with zero attached hydrogens (tertiary/aromatic N) is 1. The average molecular weight is 233 g/mol. The van der Waals surface area contributed by atoms with Crippen LogP contribution in [-0.2, 0) is 9.84 Å². The van der Waals surface area contributed by atoms with E-state index in [4.69, 9.17) is 0 Å². The highest BCUT2D eigenvalue weighted by Crippen LogP contribution is 1.86. The number of nitrogens with one attached hydrogen (secondary N) is 2. The molecule has 0 rings (SSSR count). The second-order valence-corrected chi connectivity index (χ2v) is 5.38. The third-order valence-corrected chi connectivity index (χ3v) is 3.49. The normalized spacial score (nSPS) is 12.3. The number of sulfone groups is 1. The van der Waals surface area contributed by atoms with E-state index in [1.165, 1.54) is 0 Å². The Morgan fingerprint density at radius 3 is 2.60 bits per heavy atom. The summed E-state index contributed by atoms with van der Waals surface area (Å²) in [6.45, 7) is 6.16. The van der Waals surface area contributed by atoms with Crippen molar-refractivity contribution in [3.8, 4) is 0 Å². The molecule has 5 nitrogen and oxygen atoms in total. The molecule has 0 fully saturated rings. The van der Waals surface area contributed by atoms with E-state index in [1.807, 2.05) is 0 Å². The van der Waals surface area contributed by atoms with Crippen molar-refractivity contribution < 1.29 is 8.42 Å². The lowest BCUT2D eigenvalue weighted by Gasteiger charge is -2.09. The lowest BCUT2D eigenvalue weighted by Crippen LogP contribution is -2.39. The minimum atomic E-state index is -2.91. The first-order valence-electron chi connectivity index (χ1n) is 4.81. The van der Waals surface area contributed by atoms with Gasteiger partial charge in [-0.2, -0.15) is 0 Å². The zero-order chi connectivity index (χ0) is 11.7. The summed E-state index contributed by atoms with van der Waals surface area (Å²) in [6.07, 6.45) is 1.70. The molecular formula is C9H19N3O2S. The average Bonchev–Trinajstić information content (AvgIpc) is 2.23. The van der Waals surface area contributed by atoms with E-state index in [2.05, 4.69) is 22.2 Å². The van der Waals surface area contributed by atoms with E-state index in [9.17, 15) is 8.42 Å². The van der Waals surface area contributed by atoms with Crippen molar-refractivity contribution in [1.82, 2.24) is 10.6 Å². The summed E-state index contributed by atoms with van der Waals surface area (Å²) in [5.74, 6) is 0.882. The molecule has 0 atom stereocenters. The number of hydrogen-bond donors (Lipinski definition) is 2. The first-order valence-corrected chi connectivity index (χ1v) is 6.63. The van der Waals surface area contributed by atoms with Crippen LogP contribution in [0.1, 0.15) is 6.92 Å². The Morgan fingerprint density at radius 1 is 1.47 bits per heavy atom. The van der Waals surface area contributed by atoms with Gasteiger partial charge >= 0.3 is 0 Å². The monoisotopic (exact) mass is 233 g/mol. The van der Waals surface area contributed by atoms with Crippen LogP contribution in [0.25, 0.3) is 0 Å². The molecule has 0 aromatic heterocycles. The van der Waals surface area contributed by atoms with Crippen LogP contribution in [-0.4, -0.2) is 46.0 Å². The first kappa shape index (κ1) is 14.0. The van der Waals surface area contributed by atoms with Gasteiger partial charge in [0.05, 0.1) is 5.75 Å². The molecule has 88 valence electrons. The third kappa shape index (κ3) is 6.96. The van der Waals surface area contributed by atoms with Crippen molar-refractivity contribution in [2.24, 2.45) is 4.99 Å². The van der Waals surface area contributed by atoms with Gasteiger partial charge in [-0.05, 0) is 0 Å². The molecule has 0 radical (unpaired) electrons. The first-order chi connectivity index (χ1) is 7.05. The highest BCUT2D eigenvalue weighted by atomic mass is 32.2. The number of hydrogen-bond acceptors (Lipinski definition) is 3. The quantitative estimate of drug-likeness (QED) is 0.378. The molecule has 0 aromatic rings. The second-order valence-electron chi connectivity index (χ2n) is 2.90. The van der Waals surface area contributed by atoms with Crippen molar-refractivity contribution in [3.05, 3.63) is 12.7 Å².